The fourth-order valence-electron chi connectivity index (χ4n) is 1.42. The number of halogens is 2. The average Bonchev–Trinajstić information content (AvgIpc) is 2.77. The first-order chi connectivity index (χ1) is 8.15. The van der Waals surface area contributed by atoms with E-state index in [0.29, 0.717) is 11.3 Å². The zero-order valence-corrected chi connectivity index (χ0v) is 10.8. The fraction of sp³-hybridized carbons (Fsp3) is 0.182. The molecule has 0 saturated heterocycles. The summed E-state index contributed by atoms with van der Waals surface area (Å²) >= 11 is 7.37. The second kappa shape index (κ2) is 4.89. The van der Waals surface area contributed by atoms with Crippen LogP contribution >= 0.6 is 22.9 Å². The van der Waals surface area contributed by atoms with Gasteiger partial charge in [-0.15, -0.1) is 11.3 Å². The monoisotopic (exact) mass is 272 g/mol. The van der Waals surface area contributed by atoms with Crippen molar-refractivity contribution in [2.24, 2.45) is 0 Å². The lowest BCUT2D eigenvalue weighted by Crippen LogP contribution is -1.91. The summed E-state index contributed by atoms with van der Waals surface area (Å²) in [6.07, 6.45) is 0. The van der Waals surface area contributed by atoms with E-state index in [1.807, 2.05) is 5.38 Å². The Bertz CT molecular complexity index is 521. The highest BCUT2D eigenvalue weighted by molar-refractivity contribution is 7.14. The fourth-order valence-corrected chi connectivity index (χ4v) is 2.39. The summed E-state index contributed by atoms with van der Waals surface area (Å²) in [7, 11) is 3.16. The molecule has 0 atom stereocenters. The predicted molar refractivity (Wildman–Crippen MR) is 68.6 cm³/mol. The van der Waals surface area contributed by atoms with E-state index < -0.39 is 5.82 Å². The number of benzene rings is 1. The second-order valence-electron chi connectivity index (χ2n) is 3.26. The minimum Gasteiger partial charge on any atom is -0.492 e. The summed E-state index contributed by atoms with van der Waals surface area (Å²) in [5.41, 5.74) is 1.31. The van der Waals surface area contributed by atoms with Crippen LogP contribution in [0.15, 0.2) is 17.5 Å². The molecule has 0 fully saturated rings. The third-order valence-corrected chi connectivity index (χ3v) is 3.36. The number of hydrogen-bond donors (Lipinski definition) is 1. The predicted octanol–water partition coefficient (Wildman–Crippen LogP) is 3.65. The highest BCUT2D eigenvalue weighted by atomic mass is 35.5. The van der Waals surface area contributed by atoms with Crippen LogP contribution in [-0.2, 0) is 0 Å². The summed E-state index contributed by atoms with van der Waals surface area (Å²) in [6.45, 7) is 0. The van der Waals surface area contributed by atoms with Gasteiger partial charge in [0.2, 0.25) is 0 Å². The number of nitrogens with one attached hydrogen (secondary N) is 1. The summed E-state index contributed by atoms with van der Waals surface area (Å²) < 4.78 is 18.5. The minimum atomic E-state index is -0.492. The molecule has 0 saturated carbocycles. The van der Waals surface area contributed by atoms with E-state index in [4.69, 9.17) is 16.3 Å². The van der Waals surface area contributed by atoms with Crippen molar-refractivity contribution in [2.75, 3.05) is 19.5 Å². The van der Waals surface area contributed by atoms with E-state index in [1.54, 1.807) is 13.1 Å². The van der Waals surface area contributed by atoms with Crippen LogP contribution in [0, 0.1) is 5.82 Å². The van der Waals surface area contributed by atoms with Gasteiger partial charge >= 0.3 is 0 Å². The normalized spacial score (nSPS) is 10.4. The summed E-state index contributed by atoms with van der Waals surface area (Å²) in [5.74, 6) is -0.437. The molecule has 90 valence electrons. The van der Waals surface area contributed by atoms with Crippen molar-refractivity contribution in [3.63, 3.8) is 0 Å². The molecule has 0 spiro atoms. The average molecular weight is 273 g/mol. The van der Waals surface area contributed by atoms with Crippen LogP contribution in [0.1, 0.15) is 0 Å². The van der Waals surface area contributed by atoms with Gasteiger partial charge in [-0.1, -0.05) is 11.6 Å². The molecule has 1 aromatic carbocycles. The SMILES string of the molecule is CNc1nc(-c2cc(F)c(OC)c(Cl)c2)cs1. The number of methoxy groups -OCH3 is 1. The molecule has 2 aromatic rings. The lowest BCUT2D eigenvalue weighted by atomic mass is 10.1. The van der Waals surface area contributed by atoms with Crippen LogP contribution in [0.5, 0.6) is 5.75 Å². The third-order valence-electron chi connectivity index (χ3n) is 2.22. The number of aromatic nitrogens is 1. The molecule has 0 aliphatic rings. The van der Waals surface area contributed by atoms with Gasteiger partial charge in [0.05, 0.1) is 17.8 Å². The van der Waals surface area contributed by atoms with Gasteiger partial charge < -0.3 is 10.1 Å². The lowest BCUT2D eigenvalue weighted by molar-refractivity contribution is 0.387. The molecule has 17 heavy (non-hydrogen) atoms. The van der Waals surface area contributed by atoms with Crippen molar-refractivity contribution < 1.29 is 9.13 Å². The van der Waals surface area contributed by atoms with Gasteiger partial charge in [-0.2, -0.15) is 0 Å². The lowest BCUT2D eigenvalue weighted by Gasteiger charge is -2.06. The number of nitrogens with zero attached hydrogens (tertiary/aromatic N) is 1. The Kier molecular flexibility index (Phi) is 3.49. The van der Waals surface area contributed by atoms with Gasteiger partial charge in [-0.25, -0.2) is 9.37 Å². The van der Waals surface area contributed by atoms with E-state index in [1.165, 1.54) is 24.5 Å². The smallest absolute Gasteiger partial charge is 0.182 e. The molecule has 1 N–H and O–H groups in total. The van der Waals surface area contributed by atoms with Crippen LogP contribution in [0.25, 0.3) is 11.3 Å². The van der Waals surface area contributed by atoms with Gasteiger partial charge in [-0.05, 0) is 12.1 Å². The van der Waals surface area contributed by atoms with Crippen molar-refractivity contribution in [3.8, 4) is 17.0 Å². The van der Waals surface area contributed by atoms with Crippen molar-refractivity contribution in [3.05, 3.63) is 28.4 Å². The molecule has 6 heteroatoms. The van der Waals surface area contributed by atoms with E-state index in [2.05, 4.69) is 10.3 Å². The van der Waals surface area contributed by atoms with Gasteiger partial charge in [0.1, 0.15) is 0 Å². The Hall–Kier alpha value is -1.33. The van der Waals surface area contributed by atoms with Gasteiger partial charge in [0.25, 0.3) is 0 Å². The summed E-state index contributed by atoms with van der Waals surface area (Å²) in [6, 6.07) is 3.00. The van der Waals surface area contributed by atoms with Crippen molar-refractivity contribution in [2.45, 2.75) is 0 Å². The van der Waals surface area contributed by atoms with E-state index in [0.717, 1.165) is 5.13 Å². The molecule has 0 unspecified atom stereocenters. The van der Waals surface area contributed by atoms with E-state index in [-0.39, 0.29) is 10.8 Å². The molecule has 1 aromatic heterocycles. The zero-order valence-electron chi connectivity index (χ0n) is 9.25. The summed E-state index contributed by atoms with van der Waals surface area (Å²) in [5, 5.41) is 5.77. The second-order valence-corrected chi connectivity index (χ2v) is 4.53. The van der Waals surface area contributed by atoms with Crippen molar-refractivity contribution in [1.29, 1.82) is 0 Å². The van der Waals surface area contributed by atoms with E-state index in [9.17, 15) is 4.39 Å². The number of ether oxygens (including phenoxy) is 1. The van der Waals surface area contributed by atoms with Crippen LogP contribution in [0.3, 0.4) is 0 Å². The molecule has 0 aliphatic carbocycles. The molecule has 1 heterocycles. The first-order valence-electron chi connectivity index (χ1n) is 4.82. The summed E-state index contributed by atoms with van der Waals surface area (Å²) in [4.78, 5) is 4.28. The zero-order chi connectivity index (χ0) is 12.4. The first kappa shape index (κ1) is 12.1. The molecule has 0 bridgehead atoms. The van der Waals surface area contributed by atoms with Crippen LogP contribution in [-0.4, -0.2) is 19.1 Å². The number of thiazole rings is 1. The molecule has 3 nitrogen and oxygen atoms in total. The Labute approximate surface area is 107 Å². The van der Waals surface area contributed by atoms with Crippen LogP contribution in [0.2, 0.25) is 5.02 Å². The minimum absolute atomic E-state index is 0.0551. The highest BCUT2D eigenvalue weighted by Crippen LogP contribution is 2.34. The maximum Gasteiger partial charge on any atom is 0.182 e. The van der Waals surface area contributed by atoms with Gasteiger partial charge in [-0.3, -0.25) is 0 Å². The Morgan fingerprint density at radius 2 is 2.24 bits per heavy atom. The van der Waals surface area contributed by atoms with Crippen molar-refractivity contribution in [1.82, 2.24) is 4.98 Å². The molecular weight excluding hydrogens is 263 g/mol. The van der Waals surface area contributed by atoms with Crippen molar-refractivity contribution >= 4 is 28.1 Å². The number of rotatable bonds is 3. The standard InChI is InChI=1S/C11H10ClFN2OS/c1-14-11-15-9(5-17-11)6-3-7(12)10(16-2)8(13)4-6/h3-5H,1-2H3,(H,14,15). The number of anilines is 1. The quantitative estimate of drug-likeness (QED) is 0.926. The topological polar surface area (TPSA) is 34.2 Å². The molecule has 0 amide bonds. The maximum atomic E-state index is 13.6. The Balaban J connectivity index is 2.46. The largest absolute Gasteiger partial charge is 0.492 e. The Morgan fingerprint density at radius 1 is 1.47 bits per heavy atom. The first-order valence-corrected chi connectivity index (χ1v) is 6.08. The number of hydrogen-bond acceptors (Lipinski definition) is 4. The molecular formula is C11H10ClFN2OS. The van der Waals surface area contributed by atoms with Gasteiger partial charge in [0, 0.05) is 18.0 Å². The Morgan fingerprint density at radius 3 is 2.76 bits per heavy atom. The molecule has 0 aliphatic heterocycles. The third kappa shape index (κ3) is 2.35. The van der Waals surface area contributed by atoms with Crippen LogP contribution in [0.4, 0.5) is 9.52 Å². The molecule has 2 rings (SSSR count). The maximum absolute atomic E-state index is 13.6. The van der Waals surface area contributed by atoms with Crippen LogP contribution < -0.4 is 10.1 Å². The van der Waals surface area contributed by atoms with E-state index >= 15 is 0 Å². The van der Waals surface area contributed by atoms with Gasteiger partial charge in [0.15, 0.2) is 16.7 Å². The highest BCUT2D eigenvalue weighted by Gasteiger charge is 2.12. The molecule has 0 radical (unpaired) electrons.